The highest BCUT2D eigenvalue weighted by Crippen LogP contribution is 2.40. The van der Waals surface area contributed by atoms with Gasteiger partial charge in [0.1, 0.15) is 11.3 Å². The van der Waals surface area contributed by atoms with E-state index in [0.717, 1.165) is 12.8 Å². The second kappa shape index (κ2) is 6.05. The molecule has 0 bridgehead atoms. The van der Waals surface area contributed by atoms with Crippen molar-refractivity contribution < 1.29 is 9.84 Å². The van der Waals surface area contributed by atoms with Gasteiger partial charge in [0.05, 0.1) is 17.7 Å². The largest absolute Gasteiger partial charge is 0.496 e. The average Bonchev–Trinajstić information content (AvgIpc) is 2.80. The summed E-state index contributed by atoms with van der Waals surface area (Å²) >= 11 is 6.37. The molecule has 0 unspecified atom stereocenters. The number of nitrogens with zero attached hydrogens (tertiary/aromatic N) is 2. The average molecular weight is 333 g/mol. The first kappa shape index (κ1) is 15.6. The van der Waals surface area contributed by atoms with E-state index in [1.165, 1.54) is 7.11 Å². The van der Waals surface area contributed by atoms with Crippen LogP contribution in [0.2, 0.25) is 5.02 Å². The summed E-state index contributed by atoms with van der Waals surface area (Å²) in [5.74, 6) is 6.07. The highest BCUT2D eigenvalue weighted by atomic mass is 35.5. The van der Waals surface area contributed by atoms with Gasteiger partial charge in [-0.1, -0.05) is 17.5 Å². The van der Waals surface area contributed by atoms with Crippen LogP contribution in [0.4, 0.5) is 0 Å². The van der Waals surface area contributed by atoms with E-state index in [4.69, 9.17) is 16.3 Å². The number of methoxy groups -OCH3 is 1. The van der Waals surface area contributed by atoms with Crippen molar-refractivity contribution in [1.29, 1.82) is 0 Å². The normalized spacial score (nSPS) is 13.2. The van der Waals surface area contributed by atoms with Crippen LogP contribution >= 0.6 is 11.6 Å². The zero-order valence-electron chi connectivity index (χ0n) is 13.0. The molecule has 5 nitrogen and oxygen atoms in total. The number of hydrogen-bond acceptors (Lipinski definition) is 3. The minimum atomic E-state index is -0.253. The van der Waals surface area contributed by atoms with Crippen LogP contribution in [-0.2, 0) is 13.1 Å². The maximum Gasteiger partial charge on any atom is 0.278 e. The first-order valence-electron chi connectivity index (χ1n) is 7.41. The molecule has 1 aromatic carbocycles. The van der Waals surface area contributed by atoms with E-state index in [0.29, 0.717) is 35.0 Å². The zero-order valence-corrected chi connectivity index (χ0v) is 13.8. The van der Waals surface area contributed by atoms with E-state index < -0.39 is 0 Å². The Morgan fingerprint density at radius 1 is 1.22 bits per heavy atom. The van der Waals surface area contributed by atoms with Crippen LogP contribution in [0.25, 0.3) is 11.1 Å². The summed E-state index contributed by atoms with van der Waals surface area (Å²) in [7, 11) is 1.50. The third kappa shape index (κ3) is 2.49. The Kier molecular flexibility index (Phi) is 4.10. The predicted molar refractivity (Wildman–Crippen MR) is 89.1 cm³/mol. The Bertz CT molecular complexity index is 884. The monoisotopic (exact) mass is 332 g/mol. The van der Waals surface area contributed by atoms with E-state index in [-0.39, 0.29) is 17.0 Å². The first-order chi connectivity index (χ1) is 11.1. The Labute approximate surface area is 139 Å². The third-order valence-electron chi connectivity index (χ3n) is 3.99. The molecule has 0 amide bonds. The summed E-state index contributed by atoms with van der Waals surface area (Å²) in [6.45, 7) is 2.93. The minimum Gasteiger partial charge on any atom is -0.496 e. The van der Waals surface area contributed by atoms with Crippen molar-refractivity contribution in [1.82, 2.24) is 9.36 Å². The van der Waals surface area contributed by atoms with Crippen molar-refractivity contribution >= 4 is 11.6 Å². The van der Waals surface area contributed by atoms with Crippen LogP contribution in [0.5, 0.6) is 11.6 Å². The molecule has 3 rings (SSSR count). The summed E-state index contributed by atoms with van der Waals surface area (Å²) in [6, 6.07) is 3.40. The van der Waals surface area contributed by atoms with Gasteiger partial charge in [0.2, 0.25) is 5.88 Å². The molecule has 120 valence electrons. The SMILES string of the molecule is CC#Cc1cc(Cl)c(-c2c(O)n3n(c2=O)CCCC3)c(OC)c1. The molecule has 0 aliphatic carbocycles. The number of aromatic hydroxyl groups is 1. The summed E-state index contributed by atoms with van der Waals surface area (Å²) in [5, 5.41) is 10.9. The maximum absolute atomic E-state index is 12.7. The number of hydrogen-bond donors (Lipinski definition) is 1. The van der Waals surface area contributed by atoms with Crippen molar-refractivity contribution in [2.24, 2.45) is 0 Å². The van der Waals surface area contributed by atoms with Crippen LogP contribution in [0.1, 0.15) is 25.3 Å². The number of benzene rings is 1. The third-order valence-corrected chi connectivity index (χ3v) is 4.29. The quantitative estimate of drug-likeness (QED) is 0.860. The van der Waals surface area contributed by atoms with Crippen LogP contribution < -0.4 is 10.3 Å². The molecule has 0 spiro atoms. The lowest BCUT2D eigenvalue weighted by atomic mass is 10.0. The van der Waals surface area contributed by atoms with Gasteiger partial charge >= 0.3 is 0 Å². The van der Waals surface area contributed by atoms with Gasteiger partial charge in [-0.15, -0.1) is 5.92 Å². The minimum absolute atomic E-state index is 0.0655. The van der Waals surface area contributed by atoms with Gasteiger partial charge in [-0.25, -0.2) is 4.68 Å². The lowest BCUT2D eigenvalue weighted by Gasteiger charge is -2.16. The van der Waals surface area contributed by atoms with Crippen LogP contribution in [0.3, 0.4) is 0 Å². The van der Waals surface area contributed by atoms with E-state index in [2.05, 4.69) is 11.8 Å². The smallest absolute Gasteiger partial charge is 0.278 e. The first-order valence-corrected chi connectivity index (χ1v) is 7.79. The Hall–Kier alpha value is -2.32. The molecule has 1 aliphatic heterocycles. The van der Waals surface area contributed by atoms with Crippen molar-refractivity contribution in [3.05, 3.63) is 33.1 Å². The fourth-order valence-corrected chi connectivity index (χ4v) is 3.28. The molecule has 1 aromatic heterocycles. The van der Waals surface area contributed by atoms with Gasteiger partial charge in [-0.3, -0.25) is 9.48 Å². The second-order valence-corrected chi connectivity index (χ2v) is 5.77. The van der Waals surface area contributed by atoms with Crippen LogP contribution in [0.15, 0.2) is 16.9 Å². The summed E-state index contributed by atoms with van der Waals surface area (Å²) in [5.41, 5.74) is 1.04. The number of fused-ring (bicyclic) bond motifs is 1. The van der Waals surface area contributed by atoms with Crippen LogP contribution in [0, 0.1) is 11.8 Å². The Morgan fingerprint density at radius 3 is 2.52 bits per heavy atom. The molecular formula is C17H17ClN2O3. The lowest BCUT2D eigenvalue weighted by molar-refractivity contribution is 0.305. The predicted octanol–water partition coefficient (Wildman–Crippen LogP) is 2.85. The standard InChI is InChI=1S/C17H17ClN2O3/c1-3-6-11-9-12(18)14(13(10-11)23-2)15-16(21)19-7-4-5-8-20(19)17(15)22/h9-10,21H,4-5,7-8H2,1-2H3. The molecule has 2 heterocycles. The fourth-order valence-electron chi connectivity index (χ4n) is 2.97. The molecule has 0 radical (unpaired) electrons. The Balaban J connectivity index is 2.29. The van der Waals surface area contributed by atoms with Gasteiger partial charge in [0, 0.05) is 18.7 Å². The van der Waals surface area contributed by atoms with E-state index >= 15 is 0 Å². The molecule has 1 N–H and O–H groups in total. The summed E-state index contributed by atoms with van der Waals surface area (Å²) < 4.78 is 8.56. The van der Waals surface area contributed by atoms with Crippen molar-refractivity contribution in [3.63, 3.8) is 0 Å². The second-order valence-electron chi connectivity index (χ2n) is 5.37. The molecule has 6 heteroatoms. The highest BCUT2D eigenvalue weighted by Gasteiger charge is 2.27. The fraction of sp³-hybridized carbons (Fsp3) is 0.353. The molecular weight excluding hydrogens is 316 g/mol. The number of halogens is 1. The molecule has 0 atom stereocenters. The van der Waals surface area contributed by atoms with E-state index in [9.17, 15) is 9.90 Å². The van der Waals surface area contributed by atoms with E-state index in [1.807, 2.05) is 0 Å². The van der Waals surface area contributed by atoms with Crippen molar-refractivity contribution in [2.75, 3.05) is 7.11 Å². The molecule has 1 aliphatic rings. The van der Waals surface area contributed by atoms with Gasteiger partial charge in [0.15, 0.2) is 0 Å². The maximum atomic E-state index is 12.7. The van der Waals surface area contributed by atoms with E-state index in [1.54, 1.807) is 28.4 Å². The molecule has 0 fully saturated rings. The van der Waals surface area contributed by atoms with Crippen LogP contribution in [-0.4, -0.2) is 21.6 Å². The molecule has 23 heavy (non-hydrogen) atoms. The lowest BCUT2D eigenvalue weighted by Crippen LogP contribution is -2.27. The molecule has 0 saturated carbocycles. The summed E-state index contributed by atoms with van der Waals surface area (Å²) in [6.07, 6.45) is 1.84. The number of aromatic nitrogens is 2. The number of rotatable bonds is 2. The summed E-state index contributed by atoms with van der Waals surface area (Å²) in [4.78, 5) is 12.7. The van der Waals surface area contributed by atoms with Gasteiger partial charge in [0.25, 0.3) is 5.56 Å². The molecule has 0 saturated heterocycles. The highest BCUT2D eigenvalue weighted by molar-refractivity contribution is 6.34. The van der Waals surface area contributed by atoms with Gasteiger partial charge < -0.3 is 9.84 Å². The van der Waals surface area contributed by atoms with Gasteiger partial charge in [-0.2, -0.15) is 0 Å². The number of ether oxygens (including phenoxy) is 1. The topological polar surface area (TPSA) is 56.4 Å². The van der Waals surface area contributed by atoms with Crippen molar-refractivity contribution in [3.8, 4) is 34.6 Å². The Morgan fingerprint density at radius 2 is 1.91 bits per heavy atom. The van der Waals surface area contributed by atoms with Crippen molar-refractivity contribution in [2.45, 2.75) is 32.9 Å². The molecule has 2 aromatic rings. The zero-order chi connectivity index (χ0) is 16.6. The van der Waals surface area contributed by atoms with Gasteiger partial charge in [-0.05, 0) is 31.9 Å².